The quantitative estimate of drug-likeness (QED) is 0.786. The molecule has 3 aliphatic rings. The highest BCUT2D eigenvalue weighted by Gasteiger charge is 2.66. The Kier molecular flexibility index (Phi) is 4.73. The number of alkyl carbamates (subject to hydrolysis) is 1. The number of nitrogens with zero attached hydrogens (tertiary/aromatic N) is 2. The highest BCUT2D eigenvalue weighted by molar-refractivity contribution is 5.67. The normalized spacial score (nSPS) is 35.2. The van der Waals surface area contributed by atoms with Gasteiger partial charge in [0.05, 0.1) is 13.2 Å². The van der Waals surface area contributed by atoms with Gasteiger partial charge in [0.15, 0.2) is 12.1 Å². The van der Waals surface area contributed by atoms with Gasteiger partial charge in [-0.05, 0) is 40.7 Å². The van der Waals surface area contributed by atoms with Crippen molar-refractivity contribution in [3.8, 4) is 0 Å². The first-order chi connectivity index (χ1) is 13.5. The zero-order chi connectivity index (χ0) is 21.0. The number of hydrogen-bond donors (Lipinski definition) is 1. The third-order valence-corrected chi connectivity index (χ3v) is 5.10. The first-order valence-corrected chi connectivity index (χ1v) is 9.65. The van der Waals surface area contributed by atoms with Crippen LogP contribution < -0.4 is 11.0 Å². The number of aromatic nitrogens is 2. The maximum atomic E-state index is 12.3. The van der Waals surface area contributed by atoms with Gasteiger partial charge in [0, 0.05) is 12.4 Å². The highest BCUT2D eigenvalue weighted by atomic mass is 16.8. The molecule has 4 heterocycles. The lowest BCUT2D eigenvalue weighted by molar-refractivity contribution is -0.203. The van der Waals surface area contributed by atoms with Gasteiger partial charge in [-0.2, -0.15) is 0 Å². The Morgan fingerprint density at radius 2 is 2.10 bits per heavy atom. The van der Waals surface area contributed by atoms with E-state index in [0.717, 1.165) is 0 Å². The Bertz CT molecular complexity index is 849. The van der Waals surface area contributed by atoms with E-state index in [-0.39, 0.29) is 13.2 Å². The molecule has 29 heavy (non-hydrogen) atoms. The van der Waals surface area contributed by atoms with Crippen LogP contribution in [0.1, 0.15) is 40.7 Å². The van der Waals surface area contributed by atoms with Crippen LogP contribution in [0.25, 0.3) is 0 Å². The van der Waals surface area contributed by atoms with Crippen LogP contribution in [0.3, 0.4) is 0 Å². The molecule has 1 aromatic heterocycles. The van der Waals surface area contributed by atoms with Crippen molar-refractivity contribution in [3.05, 3.63) is 28.9 Å². The number of nitrogens with one attached hydrogen (secondary N) is 1. The number of ether oxygens (including phenoxy) is 5. The lowest BCUT2D eigenvalue weighted by Gasteiger charge is -2.42. The fourth-order valence-electron chi connectivity index (χ4n) is 4.05. The first-order valence-electron chi connectivity index (χ1n) is 9.65. The molecule has 0 aliphatic carbocycles. The summed E-state index contributed by atoms with van der Waals surface area (Å²) in [5.74, 6) is -0.883. The summed E-state index contributed by atoms with van der Waals surface area (Å²) >= 11 is 0. The summed E-state index contributed by atoms with van der Waals surface area (Å²) in [6.07, 6.45) is 0.677. The van der Waals surface area contributed by atoms with Gasteiger partial charge < -0.3 is 29.0 Å². The second kappa shape index (κ2) is 6.76. The zero-order valence-electron chi connectivity index (χ0n) is 17.2. The molecule has 10 heteroatoms. The lowest BCUT2D eigenvalue weighted by atomic mass is 9.87. The van der Waals surface area contributed by atoms with Crippen molar-refractivity contribution in [3.63, 3.8) is 0 Å². The summed E-state index contributed by atoms with van der Waals surface area (Å²) in [6, 6.07) is 1.10. The number of fused-ring (bicyclic) bond motifs is 4. The van der Waals surface area contributed by atoms with Crippen molar-refractivity contribution in [1.29, 1.82) is 0 Å². The summed E-state index contributed by atoms with van der Waals surface area (Å²) in [7, 11) is 0. The van der Waals surface area contributed by atoms with Crippen molar-refractivity contribution in [2.45, 2.75) is 76.1 Å². The molecule has 0 spiro atoms. The summed E-state index contributed by atoms with van der Waals surface area (Å²) < 4.78 is 31.2. The largest absolute Gasteiger partial charge is 0.444 e. The SMILES string of the molecule is CC(C)(C)OC(=O)NC[C@@]12COC(O1)C(n1cccnc1=O)[C@H]1OC(C)(C)O[C@H]12. The minimum absolute atomic E-state index is 0.119. The molecule has 3 fully saturated rings. The highest BCUT2D eigenvalue weighted by Crippen LogP contribution is 2.49. The van der Waals surface area contributed by atoms with Gasteiger partial charge in [-0.3, -0.25) is 4.57 Å². The Balaban J connectivity index is 1.61. The van der Waals surface area contributed by atoms with Crippen LogP contribution in [0.4, 0.5) is 4.79 Å². The fraction of sp³-hybridized carbons (Fsp3) is 0.737. The summed E-state index contributed by atoms with van der Waals surface area (Å²) in [5, 5.41) is 2.75. The predicted octanol–water partition coefficient (Wildman–Crippen LogP) is 0.954. The third-order valence-electron chi connectivity index (χ3n) is 5.10. The molecule has 5 atom stereocenters. The topological polar surface area (TPSA) is 110 Å². The molecule has 1 amide bonds. The van der Waals surface area contributed by atoms with Gasteiger partial charge in [0.1, 0.15) is 29.5 Å². The monoisotopic (exact) mass is 409 g/mol. The molecule has 3 saturated heterocycles. The minimum Gasteiger partial charge on any atom is -0.444 e. The smallest absolute Gasteiger partial charge is 0.407 e. The Morgan fingerprint density at radius 1 is 1.34 bits per heavy atom. The van der Waals surface area contributed by atoms with Crippen LogP contribution in [-0.4, -0.2) is 64.3 Å². The minimum atomic E-state index is -0.956. The van der Waals surface area contributed by atoms with Crippen LogP contribution in [-0.2, 0) is 23.7 Å². The molecular weight excluding hydrogens is 382 g/mol. The molecular formula is C19H27N3O7. The average molecular weight is 409 g/mol. The summed E-state index contributed by atoms with van der Waals surface area (Å²) in [4.78, 5) is 28.3. The van der Waals surface area contributed by atoms with Crippen molar-refractivity contribution >= 4 is 6.09 Å². The third kappa shape index (κ3) is 3.77. The fourth-order valence-corrected chi connectivity index (χ4v) is 4.05. The van der Waals surface area contributed by atoms with E-state index in [1.54, 1.807) is 46.9 Å². The molecule has 3 aliphatic heterocycles. The van der Waals surface area contributed by atoms with Crippen LogP contribution in [0, 0.1) is 0 Å². The maximum Gasteiger partial charge on any atom is 0.407 e. The lowest BCUT2D eigenvalue weighted by Crippen LogP contribution is -2.62. The Hall–Kier alpha value is -2.01. The number of hydrogen-bond acceptors (Lipinski definition) is 8. The molecule has 10 nitrogen and oxygen atoms in total. The molecule has 0 aromatic carbocycles. The van der Waals surface area contributed by atoms with Crippen LogP contribution >= 0.6 is 0 Å². The second-order valence-electron chi connectivity index (χ2n) is 9.04. The molecule has 1 N–H and O–H groups in total. The first kappa shape index (κ1) is 20.3. The number of carbonyl (C=O) groups is 1. The molecule has 0 saturated carbocycles. The van der Waals surface area contributed by atoms with E-state index < -0.39 is 53.3 Å². The Labute approximate surface area is 168 Å². The van der Waals surface area contributed by atoms with E-state index in [9.17, 15) is 9.59 Å². The van der Waals surface area contributed by atoms with E-state index in [1.165, 1.54) is 10.8 Å². The van der Waals surface area contributed by atoms with E-state index in [2.05, 4.69) is 10.3 Å². The van der Waals surface area contributed by atoms with E-state index >= 15 is 0 Å². The number of carbonyl (C=O) groups excluding carboxylic acids is 1. The molecule has 0 radical (unpaired) electrons. The standard InChI is InChI=1S/C19H27N3O7/c1-17(2,3)29-16(24)21-9-19-10-25-14(28-19)11(22-8-6-7-20-15(22)23)12-13(19)27-18(4,5)26-12/h6-8,11-14H,9-10H2,1-5H3,(H,21,24)/t11?,12-,13-,14?,19+/m1/s1. The molecule has 2 unspecified atom stereocenters. The second-order valence-corrected chi connectivity index (χ2v) is 9.04. The van der Waals surface area contributed by atoms with Crippen molar-refractivity contribution < 1.29 is 28.5 Å². The van der Waals surface area contributed by atoms with Crippen molar-refractivity contribution in [2.75, 3.05) is 13.2 Å². The predicted molar refractivity (Wildman–Crippen MR) is 99.2 cm³/mol. The van der Waals surface area contributed by atoms with E-state index in [4.69, 9.17) is 23.7 Å². The van der Waals surface area contributed by atoms with Gasteiger partial charge in [0.2, 0.25) is 0 Å². The van der Waals surface area contributed by atoms with E-state index in [1.807, 2.05) is 0 Å². The van der Waals surface area contributed by atoms with Gasteiger partial charge in [-0.1, -0.05) is 0 Å². The molecule has 160 valence electrons. The van der Waals surface area contributed by atoms with Crippen molar-refractivity contribution in [1.82, 2.24) is 14.9 Å². The van der Waals surface area contributed by atoms with Gasteiger partial charge >= 0.3 is 11.8 Å². The average Bonchev–Trinajstić information content (AvgIpc) is 3.14. The zero-order valence-corrected chi connectivity index (χ0v) is 17.2. The van der Waals surface area contributed by atoms with Crippen LogP contribution in [0.15, 0.2) is 23.3 Å². The van der Waals surface area contributed by atoms with Gasteiger partial charge in [-0.15, -0.1) is 0 Å². The van der Waals surface area contributed by atoms with E-state index in [0.29, 0.717) is 0 Å². The molecule has 1 aromatic rings. The molecule has 4 rings (SSSR count). The number of rotatable bonds is 3. The Morgan fingerprint density at radius 3 is 2.79 bits per heavy atom. The van der Waals surface area contributed by atoms with Crippen LogP contribution in [0.2, 0.25) is 0 Å². The summed E-state index contributed by atoms with van der Waals surface area (Å²) in [6.45, 7) is 9.28. The molecule has 2 bridgehead atoms. The summed E-state index contributed by atoms with van der Waals surface area (Å²) in [5.41, 5.74) is -2.00. The van der Waals surface area contributed by atoms with Crippen LogP contribution in [0.5, 0.6) is 0 Å². The van der Waals surface area contributed by atoms with Gasteiger partial charge in [-0.25, -0.2) is 14.6 Å². The van der Waals surface area contributed by atoms with Gasteiger partial charge in [0.25, 0.3) is 0 Å². The maximum absolute atomic E-state index is 12.3. The van der Waals surface area contributed by atoms with Crippen molar-refractivity contribution in [2.24, 2.45) is 0 Å². The number of amides is 1.